The van der Waals surface area contributed by atoms with Crippen LogP contribution in [0.3, 0.4) is 0 Å². The van der Waals surface area contributed by atoms with Crippen LogP contribution in [-0.2, 0) is 0 Å². The van der Waals surface area contributed by atoms with Crippen molar-refractivity contribution in [1.29, 1.82) is 0 Å². The van der Waals surface area contributed by atoms with Crippen LogP contribution in [0.25, 0.3) is 5.65 Å². The van der Waals surface area contributed by atoms with Gasteiger partial charge in [0.25, 0.3) is 5.56 Å². The number of carbonyl (C=O) groups is 1. The van der Waals surface area contributed by atoms with E-state index in [-0.39, 0.29) is 11.1 Å². The maximum atomic E-state index is 12.7. The molecule has 0 saturated heterocycles. The van der Waals surface area contributed by atoms with Crippen molar-refractivity contribution in [3.05, 3.63) is 69.6 Å². The highest BCUT2D eigenvalue weighted by molar-refractivity contribution is 7.99. The van der Waals surface area contributed by atoms with Crippen molar-refractivity contribution in [2.75, 3.05) is 0 Å². The molecule has 2 aromatic heterocycles. The molecule has 0 atom stereocenters. The van der Waals surface area contributed by atoms with Gasteiger partial charge >= 0.3 is 6.03 Å². The van der Waals surface area contributed by atoms with E-state index >= 15 is 0 Å². The summed E-state index contributed by atoms with van der Waals surface area (Å²) in [5.74, 6) is 0. The predicted molar refractivity (Wildman–Crippen MR) is 97.4 cm³/mol. The highest BCUT2D eigenvalue weighted by Gasteiger charge is 2.12. The second-order valence-electron chi connectivity index (χ2n) is 4.85. The summed E-state index contributed by atoms with van der Waals surface area (Å²) < 4.78 is 1.40. The number of amides is 2. The average molecular weight is 374 g/mol. The molecule has 0 spiro atoms. The minimum atomic E-state index is -0.822. The Bertz CT molecular complexity index is 1020. The second kappa shape index (κ2) is 7.37. The zero-order chi connectivity index (χ0) is 17.8. The summed E-state index contributed by atoms with van der Waals surface area (Å²) in [6.45, 7) is 0. The summed E-state index contributed by atoms with van der Waals surface area (Å²) in [5.41, 5.74) is 7.48. The molecule has 0 unspecified atom stereocenters. The molecule has 0 aliphatic carbocycles. The third-order valence-corrected chi connectivity index (χ3v) is 4.40. The number of carbonyl (C=O) groups excluding carboxylic acids is 1. The fourth-order valence-corrected chi connectivity index (χ4v) is 3.06. The number of primary amides is 1. The molecule has 3 N–H and O–H groups in total. The van der Waals surface area contributed by atoms with Gasteiger partial charge in [-0.05, 0) is 36.4 Å². The van der Waals surface area contributed by atoms with Crippen LogP contribution in [0, 0.1) is 0 Å². The molecule has 0 aliphatic heterocycles. The number of rotatable bonds is 4. The smallest absolute Gasteiger partial charge is 0.332 e. The van der Waals surface area contributed by atoms with Gasteiger partial charge in [-0.3, -0.25) is 9.20 Å². The Morgan fingerprint density at radius 1 is 1.28 bits per heavy atom. The SMILES string of the molecule is NC(=O)NN=Cc1c(Sc2ccc(Cl)cc2)nc2ccccn2c1=O. The number of hydrazone groups is 1. The van der Waals surface area contributed by atoms with E-state index in [9.17, 15) is 9.59 Å². The van der Waals surface area contributed by atoms with Crippen molar-refractivity contribution in [2.24, 2.45) is 10.8 Å². The fourth-order valence-electron chi connectivity index (χ4n) is 2.05. The number of nitrogens with two attached hydrogens (primary N) is 1. The van der Waals surface area contributed by atoms with E-state index in [1.165, 1.54) is 22.4 Å². The third-order valence-electron chi connectivity index (χ3n) is 3.13. The van der Waals surface area contributed by atoms with Crippen LogP contribution >= 0.6 is 23.4 Å². The Morgan fingerprint density at radius 2 is 2.04 bits per heavy atom. The molecule has 0 bridgehead atoms. The monoisotopic (exact) mass is 373 g/mol. The number of hydrogen-bond acceptors (Lipinski definition) is 5. The Morgan fingerprint density at radius 3 is 2.76 bits per heavy atom. The summed E-state index contributed by atoms with van der Waals surface area (Å²) in [7, 11) is 0. The van der Waals surface area contributed by atoms with Crippen molar-refractivity contribution in [3.63, 3.8) is 0 Å². The summed E-state index contributed by atoms with van der Waals surface area (Å²) in [6, 6.07) is 11.6. The van der Waals surface area contributed by atoms with Crippen LogP contribution in [0.4, 0.5) is 4.79 Å². The first-order valence-electron chi connectivity index (χ1n) is 7.08. The molecule has 7 nitrogen and oxygen atoms in total. The number of urea groups is 1. The van der Waals surface area contributed by atoms with E-state index in [2.05, 4.69) is 15.5 Å². The quantitative estimate of drug-likeness (QED) is 0.416. The summed E-state index contributed by atoms with van der Waals surface area (Å²) in [5, 5.41) is 4.75. The number of benzene rings is 1. The number of nitrogens with one attached hydrogen (secondary N) is 1. The van der Waals surface area contributed by atoms with Gasteiger partial charge in [0.2, 0.25) is 0 Å². The van der Waals surface area contributed by atoms with Gasteiger partial charge in [0, 0.05) is 16.1 Å². The van der Waals surface area contributed by atoms with Gasteiger partial charge in [0.1, 0.15) is 10.7 Å². The Hall–Kier alpha value is -2.84. The van der Waals surface area contributed by atoms with Gasteiger partial charge in [0.15, 0.2) is 0 Å². The van der Waals surface area contributed by atoms with Crippen LogP contribution < -0.4 is 16.7 Å². The third kappa shape index (κ3) is 3.98. The van der Waals surface area contributed by atoms with Gasteiger partial charge in [-0.1, -0.05) is 29.4 Å². The Kier molecular flexibility index (Phi) is 5.01. The molecule has 3 aromatic rings. The van der Waals surface area contributed by atoms with Crippen molar-refractivity contribution < 1.29 is 4.79 Å². The van der Waals surface area contributed by atoms with E-state index in [4.69, 9.17) is 17.3 Å². The lowest BCUT2D eigenvalue weighted by molar-refractivity contribution is 0.249. The first-order valence-corrected chi connectivity index (χ1v) is 8.27. The molecule has 2 amide bonds. The van der Waals surface area contributed by atoms with Crippen LogP contribution in [0.5, 0.6) is 0 Å². The molecule has 1 aromatic carbocycles. The van der Waals surface area contributed by atoms with Crippen molar-refractivity contribution >= 4 is 41.3 Å². The lowest BCUT2D eigenvalue weighted by Crippen LogP contribution is -2.26. The largest absolute Gasteiger partial charge is 0.350 e. The Labute approximate surface area is 151 Å². The first kappa shape index (κ1) is 17.0. The molecule has 0 radical (unpaired) electrons. The molecule has 3 rings (SSSR count). The molecule has 126 valence electrons. The van der Waals surface area contributed by atoms with Crippen LogP contribution in [0.15, 0.2) is 68.5 Å². The number of fused-ring (bicyclic) bond motifs is 1. The molecule has 9 heteroatoms. The zero-order valence-electron chi connectivity index (χ0n) is 12.7. The lowest BCUT2D eigenvalue weighted by atomic mass is 10.3. The number of nitrogens with zero attached hydrogens (tertiary/aromatic N) is 3. The second-order valence-corrected chi connectivity index (χ2v) is 6.35. The topological polar surface area (TPSA) is 102 Å². The summed E-state index contributed by atoms with van der Waals surface area (Å²) in [6.07, 6.45) is 2.85. The highest BCUT2D eigenvalue weighted by atomic mass is 35.5. The number of halogens is 1. The van der Waals surface area contributed by atoms with E-state index < -0.39 is 6.03 Å². The van der Waals surface area contributed by atoms with Crippen molar-refractivity contribution in [2.45, 2.75) is 9.92 Å². The maximum absolute atomic E-state index is 12.7. The maximum Gasteiger partial charge on any atom is 0.332 e. The fraction of sp³-hybridized carbons (Fsp3) is 0. The van der Waals surface area contributed by atoms with Crippen LogP contribution in [0.1, 0.15) is 5.56 Å². The number of pyridine rings is 1. The lowest BCUT2D eigenvalue weighted by Gasteiger charge is -2.07. The molecule has 0 saturated carbocycles. The zero-order valence-corrected chi connectivity index (χ0v) is 14.3. The minimum Gasteiger partial charge on any atom is -0.350 e. The van der Waals surface area contributed by atoms with E-state index in [1.54, 1.807) is 36.5 Å². The molecular weight excluding hydrogens is 362 g/mol. The Balaban J connectivity index is 2.10. The molecule has 0 fully saturated rings. The van der Waals surface area contributed by atoms with Crippen molar-refractivity contribution in [1.82, 2.24) is 14.8 Å². The van der Waals surface area contributed by atoms with Gasteiger partial charge < -0.3 is 5.73 Å². The minimum absolute atomic E-state index is 0.234. The summed E-state index contributed by atoms with van der Waals surface area (Å²) in [4.78, 5) is 28.9. The highest BCUT2D eigenvalue weighted by Crippen LogP contribution is 2.28. The average Bonchev–Trinajstić information content (AvgIpc) is 2.59. The predicted octanol–water partition coefficient (Wildman–Crippen LogP) is 2.50. The van der Waals surface area contributed by atoms with Gasteiger partial charge in [-0.2, -0.15) is 5.10 Å². The van der Waals surface area contributed by atoms with Crippen LogP contribution in [-0.4, -0.2) is 21.6 Å². The number of aromatic nitrogens is 2. The van der Waals surface area contributed by atoms with Gasteiger partial charge in [-0.15, -0.1) is 0 Å². The van der Waals surface area contributed by atoms with E-state index in [0.717, 1.165) is 4.90 Å². The van der Waals surface area contributed by atoms with Crippen LogP contribution in [0.2, 0.25) is 5.02 Å². The van der Waals surface area contributed by atoms with Gasteiger partial charge in [0.05, 0.1) is 11.8 Å². The standard InChI is InChI=1S/C16H12ClN5O2S/c17-10-4-6-11(7-5-10)25-14-12(9-19-21-16(18)24)15(23)22-8-2-1-3-13(22)20-14/h1-9H,(H3,18,21,24). The molecule has 25 heavy (non-hydrogen) atoms. The molecular formula is C16H12ClN5O2S. The normalized spacial score (nSPS) is 11.1. The molecule has 0 aliphatic rings. The summed E-state index contributed by atoms with van der Waals surface area (Å²) >= 11 is 7.19. The van der Waals surface area contributed by atoms with E-state index in [1.807, 2.05) is 12.1 Å². The van der Waals surface area contributed by atoms with E-state index in [0.29, 0.717) is 15.7 Å². The number of hydrogen-bond donors (Lipinski definition) is 2. The molecule has 2 heterocycles. The first-order chi connectivity index (χ1) is 12.0. The van der Waals surface area contributed by atoms with Crippen molar-refractivity contribution in [3.8, 4) is 0 Å². The van der Waals surface area contributed by atoms with Gasteiger partial charge in [-0.25, -0.2) is 15.2 Å².